The molecule has 0 aliphatic carbocycles. The fourth-order valence-corrected chi connectivity index (χ4v) is 3.84. The van der Waals surface area contributed by atoms with Crippen molar-refractivity contribution in [3.8, 4) is 0 Å². The zero-order valence-corrected chi connectivity index (χ0v) is 19.0. The van der Waals surface area contributed by atoms with E-state index in [0.717, 1.165) is 30.2 Å². The van der Waals surface area contributed by atoms with Crippen LogP contribution in [0.15, 0.2) is 30.7 Å². The number of hydrogen-bond donors (Lipinski definition) is 2. The molecular formula is C22H24F3N7O3. The molecule has 1 aliphatic rings. The lowest BCUT2D eigenvalue weighted by Crippen LogP contribution is -2.39. The predicted octanol–water partition coefficient (Wildman–Crippen LogP) is 3.28. The minimum absolute atomic E-state index is 0.200. The van der Waals surface area contributed by atoms with Crippen molar-refractivity contribution < 1.29 is 27.5 Å². The summed E-state index contributed by atoms with van der Waals surface area (Å²) < 4.78 is 45.8. The molecule has 0 aromatic carbocycles. The summed E-state index contributed by atoms with van der Waals surface area (Å²) in [5.41, 5.74) is 5.98. The highest BCUT2D eigenvalue weighted by Gasteiger charge is 2.32. The second kappa shape index (κ2) is 9.49. The summed E-state index contributed by atoms with van der Waals surface area (Å²) >= 11 is 0. The Morgan fingerprint density at radius 3 is 2.63 bits per heavy atom. The maximum atomic E-state index is 12.8. The molecule has 10 nitrogen and oxygen atoms in total. The molecule has 1 fully saturated rings. The number of pyridine rings is 2. The van der Waals surface area contributed by atoms with E-state index in [9.17, 15) is 22.8 Å². The molecule has 0 saturated carbocycles. The lowest BCUT2D eigenvalue weighted by molar-refractivity contribution is -0.143. The molecule has 4 heterocycles. The maximum absolute atomic E-state index is 12.8. The van der Waals surface area contributed by atoms with Gasteiger partial charge >= 0.3 is 18.0 Å². The summed E-state index contributed by atoms with van der Waals surface area (Å²) in [6.45, 7) is 2.13. The van der Waals surface area contributed by atoms with Crippen LogP contribution in [0.5, 0.6) is 0 Å². The highest BCUT2D eigenvalue weighted by Crippen LogP contribution is 2.32. The number of carbonyl (C=O) groups is 2. The molecule has 2 unspecified atom stereocenters. The van der Waals surface area contributed by atoms with E-state index < -0.39 is 29.6 Å². The van der Waals surface area contributed by atoms with Crippen molar-refractivity contribution in [2.24, 2.45) is 0 Å². The monoisotopic (exact) mass is 491 g/mol. The van der Waals surface area contributed by atoms with Gasteiger partial charge in [-0.05, 0) is 38.3 Å². The number of likely N-dealkylation sites (N-methyl/N-ethyl adjacent to an activating group) is 1. The summed E-state index contributed by atoms with van der Waals surface area (Å²) in [5.74, 6) is -1.66. The molecule has 35 heavy (non-hydrogen) atoms. The number of amides is 2. The van der Waals surface area contributed by atoms with E-state index >= 15 is 0 Å². The molecule has 0 bridgehead atoms. The van der Waals surface area contributed by atoms with Crippen LogP contribution in [0, 0.1) is 0 Å². The van der Waals surface area contributed by atoms with Gasteiger partial charge in [-0.1, -0.05) is 0 Å². The minimum atomic E-state index is -4.52. The van der Waals surface area contributed by atoms with E-state index in [1.807, 2.05) is 0 Å². The van der Waals surface area contributed by atoms with Gasteiger partial charge in [-0.25, -0.2) is 9.67 Å². The summed E-state index contributed by atoms with van der Waals surface area (Å²) in [4.78, 5) is 34.6. The van der Waals surface area contributed by atoms with Gasteiger partial charge in [0.15, 0.2) is 6.23 Å². The zero-order chi connectivity index (χ0) is 25.3. The third kappa shape index (κ3) is 4.90. The van der Waals surface area contributed by atoms with E-state index in [-0.39, 0.29) is 23.4 Å². The molecular weight excluding hydrogens is 467 g/mol. The number of rotatable bonds is 4. The minimum Gasteiger partial charge on any atom is -0.383 e. The SMILES string of the molecule is CC(c1ccc(C(F)(F)F)cn1)N(C)C(=O)C(=O)Nc1cnc(N)c2cnn(C3CCCCO3)c12. The molecule has 1 saturated heterocycles. The zero-order valence-electron chi connectivity index (χ0n) is 19.0. The first-order chi connectivity index (χ1) is 16.6. The van der Waals surface area contributed by atoms with Gasteiger partial charge in [-0.3, -0.25) is 14.6 Å². The van der Waals surface area contributed by atoms with Crippen LogP contribution in [-0.4, -0.2) is 50.1 Å². The van der Waals surface area contributed by atoms with Gasteiger partial charge in [-0.2, -0.15) is 18.3 Å². The molecule has 3 aromatic heterocycles. The average Bonchev–Trinajstić information content (AvgIpc) is 3.31. The van der Waals surface area contributed by atoms with Gasteiger partial charge in [0.05, 0.1) is 40.8 Å². The number of carbonyl (C=O) groups excluding carboxylic acids is 2. The molecule has 1 aliphatic heterocycles. The van der Waals surface area contributed by atoms with Crippen LogP contribution in [0.2, 0.25) is 0 Å². The number of hydrogen-bond acceptors (Lipinski definition) is 7. The quantitative estimate of drug-likeness (QED) is 0.536. The van der Waals surface area contributed by atoms with Crippen LogP contribution in [0.1, 0.15) is 49.7 Å². The fourth-order valence-electron chi connectivity index (χ4n) is 3.84. The number of alkyl halides is 3. The third-order valence-electron chi connectivity index (χ3n) is 5.97. The number of aromatic nitrogens is 4. The van der Waals surface area contributed by atoms with Crippen molar-refractivity contribution in [1.82, 2.24) is 24.6 Å². The van der Waals surface area contributed by atoms with E-state index in [1.54, 1.807) is 11.6 Å². The lowest BCUT2D eigenvalue weighted by atomic mass is 10.1. The number of halogens is 3. The number of nitrogens with one attached hydrogen (secondary N) is 1. The van der Waals surface area contributed by atoms with Gasteiger partial charge in [0.1, 0.15) is 11.3 Å². The lowest BCUT2D eigenvalue weighted by Gasteiger charge is -2.25. The van der Waals surface area contributed by atoms with Crippen molar-refractivity contribution >= 4 is 34.2 Å². The first kappa shape index (κ1) is 24.4. The van der Waals surface area contributed by atoms with Crippen molar-refractivity contribution in [3.05, 3.63) is 42.0 Å². The molecule has 4 rings (SSSR count). The Kier molecular flexibility index (Phi) is 6.61. The molecule has 2 atom stereocenters. The molecule has 186 valence electrons. The molecule has 2 amide bonds. The number of ether oxygens (including phenoxy) is 1. The standard InChI is InChI=1S/C22H24F3N7O3/c1-12(15-7-6-13(9-27-15)22(23,24)25)31(2)21(34)20(33)30-16-11-28-19(26)14-10-29-32(18(14)16)17-5-3-4-8-35-17/h6-7,9-12,17H,3-5,8H2,1-2H3,(H2,26,28)(H,30,33). The van der Waals surface area contributed by atoms with E-state index in [2.05, 4.69) is 20.4 Å². The number of nitrogens with zero attached hydrogens (tertiary/aromatic N) is 5. The van der Waals surface area contributed by atoms with Crippen LogP contribution in [0.25, 0.3) is 10.9 Å². The van der Waals surface area contributed by atoms with Gasteiger partial charge in [-0.15, -0.1) is 0 Å². The molecule has 0 radical (unpaired) electrons. The molecule has 13 heteroatoms. The molecule has 3 aromatic rings. The number of anilines is 2. The number of nitrogens with two attached hydrogens (primary N) is 1. The Balaban J connectivity index is 1.54. The van der Waals surface area contributed by atoms with Crippen LogP contribution in [-0.2, 0) is 20.5 Å². The van der Waals surface area contributed by atoms with Crippen molar-refractivity contribution in [1.29, 1.82) is 0 Å². The summed E-state index contributed by atoms with van der Waals surface area (Å²) in [6.07, 6.45) is 1.30. The van der Waals surface area contributed by atoms with Crippen molar-refractivity contribution in [3.63, 3.8) is 0 Å². The third-order valence-corrected chi connectivity index (χ3v) is 5.97. The fraction of sp³-hybridized carbons (Fsp3) is 0.409. The Labute approximate surface area is 198 Å². The van der Waals surface area contributed by atoms with Crippen molar-refractivity contribution in [2.75, 3.05) is 24.7 Å². The largest absolute Gasteiger partial charge is 0.417 e. The first-order valence-corrected chi connectivity index (χ1v) is 10.9. The smallest absolute Gasteiger partial charge is 0.383 e. The Bertz CT molecular complexity index is 1240. The summed E-state index contributed by atoms with van der Waals surface area (Å²) in [7, 11) is 1.36. The Morgan fingerprint density at radius 1 is 1.23 bits per heavy atom. The predicted molar refractivity (Wildman–Crippen MR) is 120 cm³/mol. The highest BCUT2D eigenvalue weighted by atomic mass is 19.4. The maximum Gasteiger partial charge on any atom is 0.417 e. The average molecular weight is 491 g/mol. The molecule has 3 N–H and O–H groups in total. The van der Waals surface area contributed by atoms with Crippen molar-refractivity contribution in [2.45, 2.75) is 44.6 Å². The van der Waals surface area contributed by atoms with Crippen LogP contribution < -0.4 is 11.1 Å². The molecule has 0 spiro atoms. The summed E-state index contributed by atoms with van der Waals surface area (Å²) in [6, 6.07) is 1.29. The van der Waals surface area contributed by atoms with Gasteiger partial charge in [0.25, 0.3) is 0 Å². The van der Waals surface area contributed by atoms with Crippen LogP contribution >= 0.6 is 0 Å². The van der Waals surface area contributed by atoms with E-state index in [1.165, 1.54) is 25.5 Å². The second-order valence-electron chi connectivity index (χ2n) is 8.25. The number of nitrogen functional groups attached to an aromatic ring is 1. The van der Waals surface area contributed by atoms with E-state index in [0.29, 0.717) is 23.7 Å². The van der Waals surface area contributed by atoms with Crippen LogP contribution in [0.4, 0.5) is 24.7 Å². The Hall–Kier alpha value is -3.74. The second-order valence-corrected chi connectivity index (χ2v) is 8.25. The first-order valence-electron chi connectivity index (χ1n) is 10.9. The Morgan fingerprint density at radius 2 is 2.00 bits per heavy atom. The van der Waals surface area contributed by atoms with Gasteiger partial charge in [0.2, 0.25) is 0 Å². The van der Waals surface area contributed by atoms with Crippen LogP contribution in [0.3, 0.4) is 0 Å². The number of fused-ring (bicyclic) bond motifs is 1. The topological polar surface area (TPSA) is 128 Å². The van der Waals surface area contributed by atoms with Gasteiger partial charge in [0, 0.05) is 19.9 Å². The summed E-state index contributed by atoms with van der Waals surface area (Å²) in [5, 5.41) is 7.42. The van der Waals surface area contributed by atoms with Gasteiger partial charge < -0.3 is 20.7 Å². The highest BCUT2D eigenvalue weighted by molar-refractivity contribution is 6.40. The normalized spacial score (nSPS) is 17.2. The van der Waals surface area contributed by atoms with E-state index in [4.69, 9.17) is 10.5 Å².